The van der Waals surface area contributed by atoms with Crippen LogP contribution in [0.1, 0.15) is 24.0 Å². The highest BCUT2D eigenvalue weighted by molar-refractivity contribution is 5.73. The number of anilines is 1. The maximum atomic E-state index is 11.6. The van der Waals surface area contributed by atoms with Crippen LogP contribution in [0.2, 0.25) is 0 Å². The van der Waals surface area contributed by atoms with Crippen LogP contribution in [0, 0.1) is 19.8 Å². The van der Waals surface area contributed by atoms with Crippen molar-refractivity contribution < 1.29 is 9.53 Å². The molecule has 1 heterocycles. The quantitative estimate of drug-likeness (QED) is 0.753. The molecule has 1 fully saturated rings. The Morgan fingerprint density at radius 2 is 1.94 bits per heavy atom. The molecule has 1 aromatic carbocycles. The maximum Gasteiger partial charge on any atom is 0.310 e. The van der Waals surface area contributed by atoms with Crippen molar-refractivity contribution in [1.82, 2.24) is 0 Å². The van der Waals surface area contributed by atoms with Gasteiger partial charge in [0.1, 0.15) is 0 Å². The molecule has 2 rings (SSSR count). The van der Waals surface area contributed by atoms with Crippen LogP contribution < -0.4 is 4.90 Å². The Hall–Kier alpha value is -1.51. The molecular formula is C15H21NO2. The summed E-state index contributed by atoms with van der Waals surface area (Å²) < 4.78 is 4.86. The first kappa shape index (κ1) is 12.9. The van der Waals surface area contributed by atoms with Crippen molar-refractivity contribution in [2.45, 2.75) is 26.7 Å². The number of esters is 1. The van der Waals surface area contributed by atoms with E-state index in [2.05, 4.69) is 36.9 Å². The molecule has 0 amide bonds. The fourth-order valence-corrected chi connectivity index (χ4v) is 2.70. The summed E-state index contributed by atoms with van der Waals surface area (Å²) in [4.78, 5) is 13.9. The second-order valence-electron chi connectivity index (χ2n) is 5.15. The molecule has 0 aliphatic carbocycles. The van der Waals surface area contributed by atoms with Crippen molar-refractivity contribution in [3.8, 4) is 0 Å². The molecule has 1 atom stereocenters. The predicted octanol–water partition coefficient (Wildman–Crippen LogP) is 2.69. The van der Waals surface area contributed by atoms with Crippen LogP contribution in [-0.2, 0) is 9.53 Å². The molecule has 1 saturated heterocycles. The maximum absolute atomic E-state index is 11.6. The average molecular weight is 247 g/mol. The zero-order valence-electron chi connectivity index (χ0n) is 11.4. The molecule has 18 heavy (non-hydrogen) atoms. The largest absolute Gasteiger partial charge is 0.469 e. The summed E-state index contributed by atoms with van der Waals surface area (Å²) in [7, 11) is 1.47. The molecule has 3 nitrogen and oxygen atoms in total. The highest BCUT2D eigenvalue weighted by Gasteiger charge is 2.26. The summed E-state index contributed by atoms with van der Waals surface area (Å²) >= 11 is 0. The summed E-state index contributed by atoms with van der Waals surface area (Å²) in [5, 5.41) is 0. The third-order valence-electron chi connectivity index (χ3n) is 3.53. The van der Waals surface area contributed by atoms with Gasteiger partial charge in [0, 0.05) is 18.8 Å². The molecular weight excluding hydrogens is 226 g/mol. The van der Waals surface area contributed by atoms with E-state index in [4.69, 9.17) is 4.74 Å². The monoisotopic (exact) mass is 247 g/mol. The minimum absolute atomic E-state index is 0.0181. The van der Waals surface area contributed by atoms with Crippen molar-refractivity contribution in [3.05, 3.63) is 29.3 Å². The first-order valence-corrected chi connectivity index (χ1v) is 6.51. The van der Waals surface area contributed by atoms with Crippen molar-refractivity contribution in [3.63, 3.8) is 0 Å². The van der Waals surface area contributed by atoms with E-state index in [1.807, 2.05) is 0 Å². The van der Waals surface area contributed by atoms with Gasteiger partial charge in [-0.15, -0.1) is 0 Å². The third-order valence-corrected chi connectivity index (χ3v) is 3.53. The zero-order chi connectivity index (χ0) is 13.1. The lowest BCUT2D eigenvalue weighted by molar-refractivity contribution is -0.145. The number of methoxy groups -OCH3 is 1. The number of aryl methyl sites for hydroxylation is 2. The van der Waals surface area contributed by atoms with E-state index < -0.39 is 0 Å². The van der Waals surface area contributed by atoms with E-state index in [0.29, 0.717) is 0 Å². The zero-order valence-corrected chi connectivity index (χ0v) is 11.4. The SMILES string of the molecule is COC(=O)C1CCCN(c2cc(C)cc(C)c2)C1. The second-order valence-corrected chi connectivity index (χ2v) is 5.15. The Kier molecular flexibility index (Phi) is 3.90. The van der Waals surface area contributed by atoms with Crippen LogP contribution in [0.25, 0.3) is 0 Å². The Bertz CT molecular complexity index is 422. The Morgan fingerprint density at radius 1 is 1.28 bits per heavy atom. The summed E-state index contributed by atoms with van der Waals surface area (Å²) in [5.41, 5.74) is 3.76. The number of nitrogens with zero attached hydrogens (tertiary/aromatic N) is 1. The van der Waals surface area contributed by atoms with Crippen LogP contribution >= 0.6 is 0 Å². The first-order valence-electron chi connectivity index (χ1n) is 6.51. The molecule has 0 N–H and O–H groups in total. The van der Waals surface area contributed by atoms with Crippen molar-refractivity contribution >= 4 is 11.7 Å². The summed E-state index contributed by atoms with van der Waals surface area (Å²) in [6, 6.07) is 6.55. The van der Waals surface area contributed by atoms with Crippen LogP contribution in [0.4, 0.5) is 5.69 Å². The third kappa shape index (κ3) is 2.84. The first-order chi connectivity index (χ1) is 8.60. The molecule has 0 saturated carbocycles. The van der Waals surface area contributed by atoms with Crippen LogP contribution in [0.15, 0.2) is 18.2 Å². The molecule has 98 valence electrons. The number of carbonyl (C=O) groups is 1. The van der Waals surface area contributed by atoms with Crippen LogP contribution in [-0.4, -0.2) is 26.2 Å². The molecule has 0 aromatic heterocycles. The minimum Gasteiger partial charge on any atom is -0.469 e. The fraction of sp³-hybridized carbons (Fsp3) is 0.533. The van der Waals surface area contributed by atoms with E-state index in [0.717, 1.165) is 25.9 Å². The second kappa shape index (κ2) is 5.42. The van der Waals surface area contributed by atoms with Gasteiger partial charge in [0.2, 0.25) is 0 Å². The summed E-state index contributed by atoms with van der Waals surface area (Å²) in [6.07, 6.45) is 1.99. The Labute approximate surface area is 109 Å². The number of benzene rings is 1. The van der Waals surface area contributed by atoms with Crippen LogP contribution in [0.3, 0.4) is 0 Å². The number of ether oxygens (including phenoxy) is 1. The molecule has 0 radical (unpaired) electrons. The van der Waals surface area contributed by atoms with Gasteiger partial charge in [0.25, 0.3) is 0 Å². The Morgan fingerprint density at radius 3 is 2.56 bits per heavy atom. The number of hydrogen-bond acceptors (Lipinski definition) is 3. The highest BCUT2D eigenvalue weighted by atomic mass is 16.5. The lowest BCUT2D eigenvalue weighted by Gasteiger charge is -2.33. The van der Waals surface area contributed by atoms with Crippen LogP contribution in [0.5, 0.6) is 0 Å². The van der Waals surface area contributed by atoms with Gasteiger partial charge in [0.05, 0.1) is 13.0 Å². The molecule has 1 unspecified atom stereocenters. The Balaban J connectivity index is 2.15. The standard InChI is InChI=1S/C15H21NO2/c1-11-7-12(2)9-14(8-11)16-6-4-5-13(10-16)15(17)18-3/h7-9,13H,4-6,10H2,1-3H3. The van der Waals surface area contributed by atoms with Gasteiger partial charge < -0.3 is 9.64 Å². The molecule has 1 aromatic rings. The van der Waals surface area contributed by atoms with E-state index in [-0.39, 0.29) is 11.9 Å². The normalized spacial score (nSPS) is 19.7. The van der Waals surface area contributed by atoms with Crippen molar-refractivity contribution in [1.29, 1.82) is 0 Å². The van der Waals surface area contributed by atoms with Gasteiger partial charge in [-0.25, -0.2) is 0 Å². The van der Waals surface area contributed by atoms with Crippen molar-refractivity contribution in [2.24, 2.45) is 5.92 Å². The van der Waals surface area contributed by atoms with Gasteiger partial charge in [-0.3, -0.25) is 4.79 Å². The van der Waals surface area contributed by atoms with E-state index in [9.17, 15) is 4.79 Å². The molecule has 3 heteroatoms. The van der Waals surface area contributed by atoms with Gasteiger partial charge >= 0.3 is 5.97 Å². The van der Waals surface area contributed by atoms with Gasteiger partial charge in [-0.1, -0.05) is 6.07 Å². The number of carbonyl (C=O) groups excluding carboxylic acids is 1. The van der Waals surface area contributed by atoms with E-state index >= 15 is 0 Å². The van der Waals surface area contributed by atoms with E-state index in [1.54, 1.807) is 0 Å². The van der Waals surface area contributed by atoms with Crippen molar-refractivity contribution in [2.75, 3.05) is 25.1 Å². The molecule has 0 spiro atoms. The topological polar surface area (TPSA) is 29.5 Å². The molecule has 1 aliphatic heterocycles. The number of rotatable bonds is 2. The average Bonchev–Trinajstić information content (AvgIpc) is 2.37. The predicted molar refractivity (Wildman–Crippen MR) is 72.9 cm³/mol. The lowest BCUT2D eigenvalue weighted by Crippen LogP contribution is -2.39. The summed E-state index contributed by atoms with van der Waals surface area (Å²) in [6.45, 7) is 6.02. The lowest BCUT2D eigenvalue weighted by atomic mass is 9.97. The van der Waals surface area contributed by atoms with Gasteiger partial charge in [-0.2, -0.15) is 0 Å². The smallest absolute Gasteiger partial charge is 0.310 e. The molecule has 1 aliphatic rings. The highest BCUT2D eigenvalue weighted by Crippen LogP contribution is 2.25. The summed E-state index contributed by atoms with van der Waals surface area (Å²) in [5.74, 6) is -0.0614. The number of hydrogen-bond donors (Lipinski definition) is 0. The number of piperidine rings is 1. The van der Waals surface area contributed by atoms with Gasteiger partial charge in [-0.05, 0) is 49.9 Å². The van der Waals surface area contributed by atoms with Gasteiger partial charge in [0.15, 0.2) is 0 Å². The molecule has 0 bridgehead atoms. The fourth-order valence-electron chi connectivity index (χ4n) is 2.70. The van der Waals surface area contributed by atoms with E-state index in [1.165, 1.54) is 23.9 Å². The minimum atomic E-state index is -0.0796.